The van der Waals surface area contributed by atoms with Crippen LogP contribution in [-0.4, -0.2) is 72.8 Å². The lowest BCUT2D eigenvalue weighted by molar-refractivity contribution is -0.135. The number of nitrogens with zero attached hydrogens (tertiary/aromatic N) is 3. The summed E-state index contributed by atoms with van der Waals surface area (Å²) in [6, 6.07) is -0.431. The number of likely N-dealkylation sites (tertiary alicyclic amines) is 1. The van der Waals surface area contributed by atoms with Gasteiger partial charge in [0.2, 0.25) is 21.8 Å². The average Bonchev–Trinajstić information content (AvgIpc) is 3.07. The van der Waals surface area contributed by atoms with E-state index in [4.69, 9.17) is 0 Å². The monoisotopic (exact) mass is 405 g/mol. The molecule has 0 radical (unpaired) electrons. The molecule has 148 valence electrons. The molecule has 7 nitrogen and oxygen atoms in total. The van der Waals surface area contributed by atoms with E-state index in [-0.39, 0.29) is 18.3 Å². The van der Waals surface area contributed by atoms with Crippen LogP contribution in [0.2, 0.25) is 0 Å². The van der Waals surface area contributed by atoms with E-state index in [1.54, 1.807) is 11.0 Å². The van der Waals surface area contributed by atoms with Crippen molar-refractivity contribution in [2.45, 2.75) is 45.1 Å². The first-order valence-electron chi connectivity index (χ1n) is 9.10. The number of fused-ring (bicyclic) bond motifs is 1. The van der Waals surface area contributed by atoms with Gasteiger partial charge in [-0.2, -0.15) is 0 Å². The van der Waals surface area contributed by atoms with Crippen molar-refractivity contribution in [1.29, 1.82) is 0 Å². The second-order valence-electron chi connectivity index (χ2n) is 7.22. The minimum atomic E-state index is -3.67. The Hall–Kier alpha value is -1.12. The van der Waals surface area contributed by atoms with Crippen molar-refractivity contribution in [3.8, 4) is 0 Å². The number of carbonyl (C=O) groups excluding carboxylic acids is 2. The normalized spacial score (nSPS) is 26.5. The van der Waals surface area contributed by atoms with Crippen molar-refractivity contribution >= 4 is 34.2 Å². The Morgan fingerprint density at radius 3 is 2.46 bits per heavy atom. The first kappa shape index (κ1) is 21.2. The van der Waals surface area contributed by atoms with E-state index < -0.39 is 27.9 Å². The summed E-state index contributed by atoms with van der Waals surface area (Å²) in [4.78, 5) is 29.4. The van der Waals surface area contributed by atoms with Gasteiger partial charge < -0.3 is 4.90 Å². The second-order valence-corrected chi connectivity index (χ2v) is 9.05. The quantitative estimate of drug-likeness (QED) is 0.687. The lowest BCUT2D eigenvalue weighted by atomic mass is 9.96. The second kappa shape index (κ2) is 8.27. The Bertz CT molecular complexity index is 688. The third-order valence-electron chi connectivity index (χ3n) is 5.33. The van der Waals surface area contributed by atoms with Crippen LogP contribution < -0.4 is 0 Å². The number of carbonyl (C=O) groups is 2. The van der Waals surface area contributed by atoms with Crippen molar-refractivity contribution in [1.82, 2.24) is 14.1 Å². The first-order valence-corrected chi connectivity index (χ1v) is 11.0. The fourth-order valence-corrected chi connectivity index (χ4v) is 5.26. The molecule has 9 heteroatoms. The molecule has 0 N–H and O–H groups in total. The predicted octanol–water partition coefficient (Wildman–Crippen LogP) is 1.21. The van der Waals surface area contributed by atoms with Crippen LogP contribution in [0.5, 0.6) is 0 Å². The fourth-order valence-electron chi connectivity index (χ4n) is 4.23. The molecular formula is C17H28ClN3O4S. The lowest BCUT2D eigenvalue weighted by Gasteiger charge is -2.31. The van der Waals surface area contributed by atoms with Gasteiger partial charge in [-0.3, -0.25) is 14.5 Å². The molecule has 3 rings (SSSR count). The van der Waals surface area contributed by atoms with E-state index in [1.807, 2.05) is 6.92 Å². The zero-order valence-electron chi connectivity index (χ0n) is 15.4. The number of hydrogen-bond acceptors (Lipinski definition) is 5. The van der Waals surface area contributed by atoms with Gasteiger partial charge in [0, 0.05) is 6.54 Å². The number of hydrogen-bond donors (Lipinski definition) is 0. The molecular weight excluding hydrogens is 378 g/mol. The summed E-state index contributed by atoms with van der Waals surface area (Å²) in [7, 11) is -3.67. The molecule has 2 amide bonds. The van der Waals surface area contributed by atoms with Gasteiger partial charge in [-0.05, 0) is 38.4 Å². The van der Waals surface area contributed by atoms with Crippen LogP contribution in [0.3, 0.4) is 0 Å². The number of amides is 2. The average molecular weight is 406 g/mol. The fraction of sp³-hybridized carbons (Fsp3) is 0.765. The molecule has 0 aromatic rings. The molecule has 0 aliphatic carbocycles. The van der Waals surface area contributed by atoms with E-state index in [9.17, 15) is 18.0 Å². The van der Waals surface area contributed by atoms with Crippen molar-refractivity contribution in [2.75, 3.05) is 32.4 Å². The van der Waals surface area contributed by atoms with Gasteiger partial charge in [0.25, 0.3) is 0 Å². The highest BCUT2D eigenvalue weighted by atomic mass is 35.5. The maximum Gasteiger partial charge on any atom is 0.246 e. The minimum Gasteiger partial charge on any atom is -0.328 e. The maximum atomic E-state index is 12.8. The van der Waals surface area contributed by atoms with Gasteiger partial charge in [-0.1, -0.05) is 19.8 Å². The van der Waals surface area contributed by atoms with Crippen LogP contribution >= 0.6 is 12.4 Å². The van der Waals surface area contributed by atoms with E-state index in [1.165, 1.54) is 6.42 Å². The van der Waals surface area contributed by atoms with Crippen LogP contribution in [0, 0.1) is 5.92 Å². The number of halogens is 1. The Balaban J connectivity index is 0.00000243. The zero-order valence-corrected chi connectivity index (χ0v) is 17.0. The summed E-state index contributed by atoms with van der Waals surface area (Å²) < 4.78 is 25.1. The van der Waals surface area contributed by atoms with Crippen molar-refractivity contribution in [3.05, 3.63) is 11.8 Å². The van der Waals surface area contributed by atoms with Crippen molar-refractivity contribution < 1.29 is 18.0 Å². The number of piperidine rings is 1. The predicted molar refractivity (Wildman–Crippen MR) is 101 cm³/mol. The van der Waals surface area contributed by atoms with Crippen LogP contribution in [0.1, 0.15) is 39.0 Å². The highest BCUT2D eigenvalue weighted by Crippen LogP contribution is 2.40. The molecule has 2 saturated heterocycles. The number of sulfonamides is 1. The topological polar surface area (TPSA) is 78.0 Å². The molecule has 3 aliphatic rings. The molecule has 0 aromatic carbocycles. The van der Waals surface area contributed by atoms with E-state index in [2.05, 4.69) is 4.90 Å². The van der Waals surface area contributed by atoms with E-state index in [0.717, 1.165) is 42.9 Å². The van der Waals surface area contributed by atoms with Gasteiger partial charge in [0.1, 0.15) is 0 Å². The Morgan fingerprint density at radius 1 is 1.23 bits per heavy atom. The third kappa shape index (κ3) is 3.92. The smallest absolute Gasteiger partial charge is 0.246 e. The molecule has 2 atom stereocenters. The van der Waals surface area contributed by atoms with Crippen molar-refractivity contribution in [3.63, 3.8) is 0 Å². The highest BCUT2D eigenvalue weighted by Gasteiger charge is 2.53. The molecule has 0 unspecified atom stereocenters. The zero-order chi connectivity index (χ0) is 18.2. The van der Waals surface area contributed by atoms with Gasteiger partial charge in [0.15, 0.2) is 0 Å². The molecule has 3 heterocycles. The van der Waals surface area contributed by atoms with E-state index >= 15 is 0 Å². The third-order valence-corrected chi connectivity index (χ3v) is 6.38. The van der Waals surface area contributed by atoms with Crippen LogP contribution in [0.25, 0.3) is 0 Å². The molecule has 2 fully saturated rings. The van der Waals surface area contributed by atoms with Gasteiger partial charge in [0.05, 0.1) is 30.5 Å². The number of rotatable bonds is 5. The summed E-state index contributed by atoms with van der Waals surface area (Å²) in [5.74, 6) is -0.864. The summed E-state index contributed by atoms with van der Waals surface area (Å²) >= 11 is 0. The van der Waals surface area contributed by atoms with Gasteiger partial charge in [-0.25, -0.2) is 12.7 Å². The highest BCUT2D eigenvalue weighted by molar-refractivity contribution is 7.89. The SMILES string of the molecule is CCC[C@H]1C(=O)N(S(C)(=O)=O)C2=CCN(C(=O)CN3CCCCC3)[C@@H]21.Cl. The molecule has 26 heavy (non-hydrogen) atoms. The van der Waals surface area contributed by atoms with Crippen LogP contribution in [-0.2, 0) is 19.6 Å². The summed E-state index contributed by atoms with van der Waals surface area (Å²) in [6.45, 7) is 4.55. The standard InChI is InChI=1S/C17H27N3O4S.ClH/c1-3-7-13-16-14(20(17(13)22)25(2,23)24)8-11-19(16)15(21)12-18-9-5-4-6-10-18;/h8,13,16H,3-7,9-12H2,1-2H3;1H/t13-,16-;/m1./s1. The van der Waals surface area contributed by atoms with E-state index in [0.29, 0.717) is 25.2 Å². The molecule has 0 bridgehead atoms. The van der Waals surface area contributed by atoms with Crippen molar-refractivity contribution in [2.24, 2.45) is 5.92 Å². The molecule has 0 aromatic heterocycles. The maximum absolute atomic E-state index is 12.8. The Kier molecular flexibility index (Phi) is 6.74. The lowest BCUT2D eigenvalue weighted by Crippen LogP contribution is -2.46. The van der Waals surface area contributed by atoms with Crippen LogP contribution in [0.15, 0.2) is 11.8 Å². The summed E-state index contributed by atoms with van der Waals surface area (Å²) in [6.07, 6.45) is 7.56. The molecule has 3 aliphatic heterocycles. The molecule has 0 spiro atoms. The summed E-state index contributed by atoms with van der Waals surface area (Å²) in [5.41, 5.74) is 0.470. The first-order chi connectivity index (χ1) is 11.8. The largest absolute Gasteiger partial charge is 0.328 e. The van der Waals surface area contributed by atoms with Gasteiger partial charge in [-0.15, -0.1) is 12.4 Å². The van der Waals surface area contributed by atoms with Gasteiger partial charge >= 0.3 is 0 Å². The van der Waals surface area contributed by atoms with Crippen LogP contribution in [0.4, 0.5) is 0 Å². The summed E-state index contributed by atoms with van der Waals surface area (Å²) in [5, 5.41) is 0. The Labute approximate surface area is 161 Å². The Morgan fingerprint density at radius 2 is 1.88 bits per heavy atom. The minimum absolute atomic E-state index is 0. The molecule has 0 saturated carbocycles.